The summed E-state index contributed by atoms with van der Waals surface area (Å²) in [6.45, 7) is 4.39. The molecule has 4 aliphatic rings. The van der Waals surface area contributed by atoms with E-state index in [1.807, 2.05) is 48.6 Å². The van der Waals surface area contributed by atoms with Crippen LogP contribution in [-0.4, -0.2) is 23.4 Å². The van der Waals surface area contributed by atoms with E-state index >= 15 is 0 Å². The molecular formula is C34H36N4NiO2. The number of carbonyl (C=O) groups is 1. The summed E-state index contributed by atoms with van der Waals surface area (Å²) in [4.78, 5) is 31.9. The van der Waals surface area contributed by atoms with Gasteiger partial charge in [0.15, 0.2) is 6.29 Å². The number of hydrogen-bond acceptors (Lipinski definition) is 5. The third kappa shape index (κ3) is 6.68. The summed E-state index contributed by atoms with van der Waals surface area (Å²) in [5.74, 6) is 0. The Morgan fingerprint density at radius 1 is 0.683 bits per heavy atom. The fourth-order valence-electron chi connectivity index (χ4n) is 5.46. The fourth-order valence-corrected chi connectivity index (χ4v) is 5.46. The molecule has 1 aromatic heterocycles. The zero-order valence-corrected chi connectivity index (χ0v) is 24.8. The molecule has 0 radical (unpaired) electrons. The smallest absolute Gasteiger partial charge is 0.877 e. The summed E-state index contributed by atoms with van der Waals surface area (Å²) in [5, 5.41) is 12.3. The second kappa shape index (κ2) is 14.4. The number of aliphatic imine (C=N–C) groups is 3. The van der Waals surface area contributed by atoms with Gasteiger partial charge in [-0.05, 0) is 73.3 Å². The summed E-state index contributed by atoms with van der Waals surface area (Å²) in [7, 11) is 0. The minimum atomic E-state index is 0. The normalized spacial score (nSPS) is 18.4. The van der Waals surface area contributed by atoms with Gasteiger partial charge in [0.05, 0.1) is 39.8 Å². The van der Waals surface area contributed by atoms with Crippen molar-refractivity contribution in [2.75, 3.05) is 0 Å². The van der Waals surface area contributed by atoms with Crippen LogP contribution in [-0.2, 0) is 21.3 Å². The molecule has 0 unspecified atom stereocenters. The molecule has 0 fully saturated rings. The molecule has 5 rings (SSSR count). The maximum Gasteiger partial charge on any atom is 2.00 e. The average molecular weight is 591 g/mol. The van der Waals surface area contributed by atoms with Crippen LogP contribution in [0.1, 0.15) is 89.4 Å². The largest absolute Gasteiger partial charge is 2.00 e. The molecule has 0 atom stereocenters. The molecule has 7 heteroatoms. The molecule has 0 aliphatic carbocycles. The van der Waals surface area contributed by atoms with Crippen molar-refractivity contribution in [1.82, 2.24) is 4.98 Å². The van der Waals surface area contributed by atoms with Crippen molar-refractivity contribution in [1.29, 1.82) is 0 Å². The molecule has 0 saturated heterocycles. The molecular weight excluding hydrogens is 555 g/mol. The van der Waals surface area contributed by atoms with E-state index in [1.165, 1.54) is 12.8 Å². The van der Waals surface area contributed by atoms with E-state index in [-0.39, 0.29) is 16.5 Å². The second-order valence-corrected chi connectivity index (χ2v) is 10.5. The van der Waals surface area contributed by atoms with E-state index in [0.717, 1.165) is 97.9 Å². The second-order valence-electron chi connectivity index (χ2n) is 10.5. The van der Waals surface area contributed by atoms with Gasteiger partial charge in [-0.3, -0.25) is 4.79 Å². The Labute approximate surface area is 252 Å². The van der Waals surface area contributed by atoms with E-state index in [0.29, 0.717) is 34.0 Å². The van der Waals surface area contributed by atoms with Crippen LogP contribution in [0.5, 0.6) is 0 Å². The van der Waals surface area contributed by atoms with E-state index in [2.05, 4.69) is 13.8 Å². The molecule has 41 heavy (non-hydrogen) atoms. The van der Waals surface area contributed by atoms with E-state index in [9.17, 15) is 9.90 Å². The summed E-state index contributed by atoms with van der Waals surface area (Å²) in [6, 6.07) is 3.86. The fraction of sp³-hybridized carbons (Fsp3) is 0.353. The van der Waals surface area contributed by atoms with Gasteiger partial charge in [0, 0.05) is 5.57 Å². The minimum Gasteiger partial charge on any atom is -0.877 e. The van der Waals surface area contributed by atoms with Gasteiger partial charge in [0.2, 0.25) is 0 Å². The number of unbranched alkanes of at least 4 members (excludes halogenated alkanes) is 6. The van der Waals surface area contributed by atoms with Crippen LogP contribution in [0, 0.1) is 0 Å². The van der Waals surface area contributed by atoms with Crippen molar-refractivity contribution in [3.8, 4) is 0 Å². The molecule has 8 bridgehead atoms. The Hall–Kier alpha value is -3.57. The molecule has 1 aromatic rings. The monoisotopic (exact) mass is 590 g/mol. The molecule has 4 aliphatic heterocycles. The van der Waals surface area contributed by atoms with Gasteiger partial charge in [-0.2, -0.15) is 0 Å². The quantitative estimate of drug-likeness (QED) is 0.123. The third-order valence-corrected chi connectivity index (χ3v) is 7.70. The van der Waals surface area contributed by atoms with Gasteiger partial charge in [0.25, 0.3) is 0 Å². The van der Waals surface area contributed by atoms with Crippen LogP contribution in [0.4, 0.5) is 0 Å². The number of rotatable bonds is 11. The number of fused-ring (bicyclic) bond motifs is 5. The maximum atomic E-state index is 12.3. The molecule has 214 valence electrons. The SMILES string of the molecule is CCCCCCC1=C2C=CC(=N2)/C(=C/[O-])c2ccc([n-]2)C(CCCCCC)=C2C=CC(=N2)C(C=O)=C2C=CC1=N2.[Ni+2]. The summed E-state index contributed by atoms with van der Waals surface area (Å²) in [5.41, 5.74) is 8.65. The van der Waals surface area contributed by atoms with Gasteiger partial charge in [0.1, 0.15) is 0 Å². The zero-order valence-electron chi connectivity index (χ0n) is 23.8. The van der Waals surface area contributed by atoms with Crippen molar-refractivity contribution in [3.05, 3.63) is 94.5 Å². The Balaban J connectivity index is 0.00000387. The number of aromatic nitrogens is 1. The van der Waals surface area contributed by atoms with Gasteiger partial charge in [-0.25, -0.2) is 15.0 Å². The summed E-state index contributed by atoms with van der Waals surface area (Å²) < 4.78 is 0. The van der Waals surface area contributed by atoms with Crippen LogP contribution in [0.3, 0.4) is 0 Å². The first-order chi connectivity index (χ1) is 19.7. The number of allylic oxidation sites excluding steroid dienone is 10. The van der Waals surface area contributed by atoms with Crippen LogP contribution in [0.2, 0.25) is 0 Å². The number of aldehydes is 1. The van der Waals surface area contributed by atoms with Crippen molar-refractivity contribution in [2.24, 2.45) is 15.0 Å². The predicted molar refractivity (Wildman–Crippen MR) is 162 cm³/mol. The van der Waals surface area contributed by atoms with Crippen molar-refractivity contribution in [3.63, 3.8) is 0 Å². The van der Waals surface area contributed by atoms with E-state index < -0.39 is 0 Å². The topological polar surface area (TPSA) is 91.3 Å². The average Bonchev–Trinajstić information content (AvgIpc) is 3.78. The standard InChI is InChI=1S/C34H38N4O2.Ni/c1-3-5-7-9-11-23-27-13-17-31(35-27)25(21-39)33-19-15-29(37-33)24(12-10-8-6-4-2)30-16-20-34(38-30)26(22-40)32-18-14-28(23)36-32;/h13-22H,3-12H2,1-2H3,(H2,35,36,37,38,39,40);/q;+2/p-2. The molecule has 0 saturated carbocycles. The third-order valence-electron chi connectivity index (χ3n) is 7.70. The number of carbonyl (C=O) groups excluding carboxylic acids is 1. The Morgan fingerprint density at radius 2 is 1.24 bits per heavy atom. The molecule has 0 N–H and O–H groups in total. The maximum absolute atomic E-state index is 12.3. The first kappa shape index (κ1) is 30.4. The first-order valence-electron chi connectivity index (χ1n) is 14.6. The molecule has 5 heterocycles. The molecule has 6 nitrogen and oxygen atoms in total. The van der Waals surface area contributed by atoms with Crippen molar-refractivity contribution in [2.45, 2.75) is 78.1 Å². The summed E-state index contributed by atoms with van der Waals surface area (Å²) >= 11 is 0. The van der Waals surface area contributed by atoms with E-state index in [4.69, 9.17) is 20.0 Å². The minimum absolute atomic E-state index is 0. The molecule has 0 amide bonds. The zero-order chi connectivity index (χ0) is 27.9. The number of hydrogen-bond donors (Lipinski definition) is 0. The Bertz CT molecular complexity index is 1490. The van der Waals surface area contributed by atoms with Crippen LogP contribution >= 0.6 is 0 Å². The molecule has 0 spiro atoms. The van der Waals surface area contributed by atoms with Crippen molar-refractivity contribution >= 4 is 34.6 Å². The van der Waals surface area contributed by atoms with Gasteiger partial charge in [-0.1, -0.05) is 64.5 Å². The van der Waals surface area contributed by atoms with Crippen LogP contribution in [0.15, 0.2) is 98.1 Å². The molecule has 0 aromatic carbocycles. The Kier molecular flexibility index (Phi) is 10.6. The Morgan fingerprint density at radius 3 is 1.93 bits per heavy atom. The first-order valence-corrected chi connectivity index (χ1v) is 14.6. The van der Waals surface area contributed by atoms with E-state index in [1.54, 1.807) is 0 Å². The van der Waals surface area contributed by atoms with Crippen LogP contribution in [0.25, 0.3) is 11.1 Å². The number of nitrogens with zero attached hydrogens (tertiary/aromatic N) is 4. The van der Waals surface area contributed by atoms with Gasteiger partial charge in [-0.15, -0.1) is 17.6 Å². The summed E-state index contributed by atoms with van der Waals surface area (Å²) in [6.07, 6.45) is 23.8. The predicted octanol–water partition coefficient (Wildman–Crippen LogP) is 6.75. The van der Waals surface area contributed by atoms with Gasteiger partial charge < -0.3 is 10.1 Å². The van der Waals surface area contributed by atoms with Crippen molar-refractivity contribution < 1.29 is 26.4 Å². The van der Waals surface area contributed by atoms with Gasteiger partial charge >= 0.3 is 16.5 Å². The van der Waals surface area contributed by atoms with Crippen LogP contribution < -0.4 is 10.1 Å².